The van der Waals surface area contributed by atoms with E-state index in [2.05, 4.69) is 6.92 Å². The number of nitrogens with zero attached hydrogens (tertiary/aromatic N) is 1. The van der Waals surface area contributed by atoms with E-state index in [0.717, 1.165) is 25.9 Å². The zero-order chi connectivity index (χ0) is 13.8. The first kappa shape index (κ1) is 13.7. The number of hydrogen-bond donors (Lipinski definition) is 1. The predicted octanol–water partition coefficient (Wildman–Crippen LogP) is 2.54. The van der Waals surface area contributed by atoms with Gasteiger partial charge in [-0.15, -0.1) is 0 Å². The van der Waals surface area contributed by atoms with Crippen LogP contribution in [0.25, 0.3) is 0 Å². The maximum atomic E-state index is 12.6. The molecule has 0 aliphatic carbocycles. The molecule has 4 nitrogen and oxygen atoms in total. The number of benzene rings is 1. The van der Waals surface area contributed by atoms with E-state index in [4.69, 9.17) is 10.5 Å². The minimum Gasteiger partial charge on any atom is -0.493 e. The van der Waals surface area contributed by atoms with Gasteiger partial charge in [-0.2, -0.15) is 0 Å². The van der Waals surface area contributed by atoms with Gasteiger partial charge < -0.3 is 15.4 Å². The number of nitrogens with two attached hydrogens (primary N) is 1. The standard InChI is InChI=1S/C15H22N2O2/c1-3-11-8-9-17(10-11)15(18)14-12(16)6-5-7-13(14)19-4-2/h5-7,11H,3-4,8-10,16H2,1-2H3. The summed E-state index contributed by atoms with van der Waals surface area (Å²) in [5, 5.41) is 0. The lowest BCUT2D eigenvalue weighted by atomic mass is 10.1. The van der Waals surface area contributed by atoms with Crippen LogP contribution >= 0.6 is 0 Å². The van der Waals surface area contributed by atoms with E-state index in [9.17, 15) is 4.79 Å². The Labute approximate surface area is 114 Å². The summed E-state index contributed by atoms with van der Waals surface area (Å²) in [4.78, 5) is 14.5. The van der Waals surface area contributed by atoms with E-state index < -0.39 is 0 Å². The number of amides is 1. The van der Waals surface area contributed by atoms with Gasteiger partial charge in [0.1, 0.15) is 11.3 Å². The molecular formula is C15H22N2O2. The first-order chi connectivity index (χ1) is 9.17. The predicted molar refractivity (Wildman–Crippen MR) is 76.3 cm³/mol. The second-order valence-electron chi connectivity index (χ2n) is 4.97. The third kappa shape index (κ3) is 2.83. The molecule has 4 heteroatoms. The van der Waals surface area contributed by atoms with Gasteiger partial charge in [-0.05, 0) is 31.4 Å². The van der Waals surface area contributed by atoms with Crippen LogP contribution < -0.4 is 10.5 Å². The highest BCUT2D eigenvalue weighted by Gasteiger charge is 2.28. The van der Waals surface area contributed by atoms with Gasteiger partial charge >= 0.3 is 0 Å². The molecule has 0 saturated carbocycles. The Kier molecular flexibility index (Phi) is 4.30. The lowest BCUT2D eigenvalue weighted by molar-refractivity contribution is 0.0784. The first-order valence-electron chi connectivity index (χ1n) is 6.97. The average molecular weight is 262 g/mol. The van der Waals surface area contributed by atoms with Gasteiger partial charge in [0.2, 0.25) is 0 Å². The number of nitrogen functional groups attached to an aromatic ring is 1. The van der Waals surface area contributed by atoms with Crippen molar-refractivity contribution in [2.75, 3.05) is 25.4 Å². The number of anilines is 1. The molecule has 0 spiro atoms. The SMILES string of the molecule is CCOc1cccc(N)c1C(=O)N1CCC(CC)C1. The Morgan fingerprint density at radius 2 is 2.26 bits per heavy atom. The van der Waals surface area contributed by atoms with E-state index in [0.29, 0.717) is 29.5 Å². The van der Waals surface area contributed by atoms with Crippen LogP contribution in [0.5, 0.6) is 5.75 Å². The van der Waals surface area contributed by atoms with Crippen LogP contribution in [0.3, 0.4) is 0 Å². The van der Waals surface area contributed by atoms with Gasteiger partial charge in [0, 0.05) is 18.8 Å². The van der Waals surface area contributed by atoms with Crippen LogP contribution in [-0.2, 0) is 0 Å². The summed E-state index contributed by atoms with van der Waals surface area (Å²) in [5.74, 6) is 1.20. The van der Waals surface area contributed by atoms with Crippen molar-refractivity contribution < 1.29 is 9.53 Å². The average Bonchev–Trinajstić information content (AvgIpc) is 2.87. The molecule has 0 aromatic heterocycles. The topological polar surface area (TPSA) is 55.6 Å². The van der Waals surface area contributed by atoms with E-state index in [1.807, 2.05) is 17.9 Å². The number of rotatable bonds is 4. The maximum Gasteiger partial charge on any atom is 0.259 e. The van der Waals surface area contributed by atoms with Crippen LogP contribution in [-0.4, -0.2) is 30.5 Å². The molecule has 1 aliphatic rings. The Balaban J connectivity index is 2.23. The summed E-state index contributed by atoms with van der Waals surface area (Å²) < 4.78 is 5.52. The molecule has 1 fully saturated rings. The van der Waals surface area contributed by atoms with Crippen molar-refractivity contribution in [3.05, 3.63) is 23.8 Å². The summed E-state index contributed by atoms with van der Waals surface area (Å²) in [5.41, 5.74) is 6.97. The lowest BCUT2D eigenvalue weighted by Crippen LogP contribution is -2.29. The van der Waals surface area contributed by atoms with Gasteiger partial charge in [0.05, 0.1) is 6.61 Å². The molecule has 2 rings (SSSR count). The Morgan fingerprint density at radius 3 is 2.89 bits per heavy atom. The van der Waals surface area contributed by atoms with Crippen LogP contribution in [0.4, 0.5) is 5.69 Å². The lowest BCUT2D eigenvalue weighted by Gasteiger charge is -2.19. The van der Waals surface area contributed by atoms with Crippen LogP contribution in [0, 0.1) is 5.92 Å². The molecule has 1 aliphatic heterocycles. The highest BCUT2D eigenvalue weighted by atomic mass is 16.5. The maximum absolute atomic E-state index is 12.6. The van der Waals surface area contributed by atoms with Crippen LogP contribution in [0.2, 0.25) is 0 Å². The molecule has 1 heterocycles. The summed E-state index contributed by atoms with van der Waals surface area (Å²) in [6, 6.07) is 5.37. The normalized spacial score (nSPS) is 18.6. The van der Waals surface area contributed by atoms with Crippen molar-refractivity contribution in [1.82, 2.24) is 4.90 Å². The number of carbonyl (C=O) groups excluding carboxylic acids is 1. The van der Waals surface area contributed by atoms with Crippen molar-refractivity contribution in [3.63, 3.8) is 0 Å². The van der Waals surface area contributed by atoms with Gasteiger partial charge in [-0.3, -0.25) is 4.79 Å². The number of ether oxygens (including phenoxy) is 1. The van der Waals surface area contributed by atoms with Crippen molar-refractivity contribution in [3.8, 4) is 5.75 Å². The molecule has 1 unspecified atom stereocenters. The molecule has 19 heavy (non-hydrogen) atoms. The summed E-state index contributed by atoms with van der Waals surface area (Å²) >= 11 is 0. The fourth-order valence-corrected chi connectivity index (χ4v) is 2.56. The molecular weight excluding hydrogens is 240 g/mol. The smallest absolute Gasteiger partial charge is 0.259 e. The van der Waals surface area contributed by atoms with E-state index in [-0.39, 0.29) is 5.91 Å². The number of likely N-dealkylation sites (tertiary alicyclic amines) is 1. The third-order valence-electron chi connectivity index (χ3n) is 3.72. The van der Waals surface area contributed by atoms with Crippen LogP contribution in [0.1, 0.15) is 37.0 Å². The van der Waals surface area contributed by atoms with Gasteiger partial charge in [0.15, 0.2) is 0 Å². The van der Waals surface area contributed by atoms with Crippen LogP contribution in [0.15, 0.2) is 18.2 Å². The molecule has 0 bridgehead atoms. The van der Waals surface area contributed by atoms with Crippen molar-refractivity contribution in [2.45, 2.75) is 26.7 Å². The third-order valence-corrected chi connectivity index (χ3v) is 3.72. The highest BCUT2D eigenvalue weighted by Crippen LogP contribution is 2.29. The quantitative estimate of drug-likeness (QED) is 0.848. The van der Waals surface area contributed by atoms with Gasteiger partial charge in [0.25, 0.3) is 5.91 Å². The van der Waals surface area contributed by atoms with Gasteiger partial charge in [-0.25, -0.2) is 0 Å². The Bertz CT molecular complexity index is 459. The number of hydrogen-bond acceptors (Lipinski definition) is 3. The summed E-state index contributed by atoms with van der Waals surface area (Å²) in [6.45, 7) is 6.25. The zero-order valence-electron chi connectivity index (χ0n) is 11.7. The molecule has 104 valence electrons. The first-order valence-corrected chi connectivity index (χ1v) is 6.97. The Hall–Kier alpha value is -1.71. The second-order valence-corrected chi connectivity index (χ2v) is 4.97. The molecule has 2 N–H and O–H groups in total. The second kappa shape index (κ2) is 5.95. The van der Waals surface area contributed by atoms with Crippen molar-refractivity contribution >= 4 is 11.6 Å². The summed E-state index contributed by atoms with van der Waals surface area (Å²) in [7, 11) is 0. The molecule has 1 atom stereocenters. The van der Waals surface area contributed by atoms with Crippen molar-refractivity contribution in [2.24, 2.45) is 5.92 Å². The van der Waals surface area contributed by atoms with Gasteiger partial charge in [-0.1, -0.05) is 19.4 Å². The minimum absolute atomic E-state index is 0.00231. The molecule has 1 aromatic carbocycles. The molecule has 1 saturated heterocycles. The minimum atomic E-state index is -0.00231. The number of carbonyl (C=O) groups is 1. The Morgan fingerprint density at radius 1 is 1.47 bits per heavy atom. The van der Waals surface area contributed by atoms with Crippen molar-refractivity contribution in [1.29, 1.82) is 0 Å². The van der Waals surface area contributed by atoms with E-state index in [1.165, 1.54) is 0 Å². The molecule has 0 radical (unpaired) electrons. The highest BCUT2D eigenvalue weighted by molar-refractivity contribution is 6.02. The molecule has 1 aromatic rings. The monoisotopic (exact) mass is 262 g/mol. The van der Waals surface area contributed by atoms with E-state index >= 15 is 0 Å². The zero-order valence-corrected chi connectivity index (χ0v) is 11.7. The van der Waals surface area contributed by atoms with E-state index in [1.54, 1.807) is 12.1 Å². The fourth-order valence-electron chi connectivity index (χ4n) is 2.56. The molecule has 1 amide bonds. The largest absolute Gasteiger partial charge is 0.493 e. The summed E-state index contributed by atoms with van der Waals surface area (Å²) in [6.07, 6.45) is 2.20. The fraction of sp³-hybridized carbons (Fsp3) is 0.533.